The van der Waals surface area contributed by atoms with Gasteiger partial charge in [-0.25, -0.2) is 0 Å². The van der Waals surface area contributed by atoms with Crippen molar-refractivity contribution in [2.45, 2.75) is 26.2 Å². The summed E-state index contributed by atoms with van der Waals surface area (Å²) in [6, 6.07) is 2.06. The van der Waals surface area contributed by atoms with Crippen LogP contribution in [0.5, 0.6) is 0 Å². The molecular weight excluding hydrogens is 150 g/mol. The van der Waals surface area contributed by atoms with Crippen LogP contribution >= 0.6 is 0 Å². The van der Waals surface area contributed by atoms with Gasteiger partial charge in [0.2, 0.25) is 0 Å². The number of nitrogens with zero attached hydrogens (tertiary/aromatic N) is 1. The third-order valence-corrected chi connectivity index (χ3v) is 1.85. The van der Waals surface area contributed by atoms with Gasteiger partial charge in [0.25, 0.3) is 0 Å². The Morgan fingerprint density at radius 3 is 3.17 bits per heavy atom. The lowest BCUT2D eigenvalue weighted by atomic mass is 10.1. The van der Waals surface area contributed by atoms with E-state index in [1.165, 1.54) is 5.57 Å². The van der Waals surface area contributed by atoms with E-state index >= 15 is 0 Å². The van der Waals surface area contributed by atoms with Gasteiger partial charge in [0.05, 0.1) is 19.1 Å². The molecule has 12 heavy (non-hydrogen) atoms. The first-order chi connectivity index (χ1) is 5.84. The minimum Gasteiger partial charge on any atom is -0.494 e. The van der Waals surface area contributed by atoms with Crippen molar-refractivity contribution in [2.75, 3.05) is 6.61 Å². The van der Waals surface area contributed by atoms with Crippen LogP contribution in [-0.4, -0.2) is 6.61 Å². The van der Waals surface area contributed by atoms with Crippen molar-refractivity contribution in [3.8, 4) is 6.07 Å². The molecule has 0 atom stereocenters. The summed E-state index contributed by atoms with van der Waals surface area (Å²) in [5.74, 6) is 0.955. The van der Waals surface area contributed by atoms with Crippen LogP contribution in [0.1, 0.15) is 26.2 Å². The predicted octanol–water partition coefficient (Wildman–Crippen LogP) is 2.54. The van der Waals surface area contributed by atoms with E-state index in [4.69, 9.17) is 10.00 Å². The summed E-state index contributed by atoms with van der Waals surface area (Å²) < 4.78 is 5.42. The lowest BCUT2D eigenvalue weighted by Gasteiger charge is -2.16. The molecule has 0 N–H and O–H groups in total. The Morgan fingerprint density at radius 2 is 2.50 bits per heavy atom. The Hall–Kier alpha value is -1.23. The fourth-order valence-electron chi connectivity index (χ4n) is 1.17. The Labute approximate surface area is 73.1 Å². The van der Waals surface area contributed by atoms with E-state index in [0.29, 0.717) is 6.42 Å². The average molecular weight is 163 g/mol. The summed E-state index contributed by atoms with van der Waals surface area (Å²) in [4.78, 5) is 0. The zero-order valence-electron chi connectivity index (χ0n) is 7.34. The largest absolute Gasteiger partial charge is 0.494 e. The van der Waals surface area contributed by atoms with Crippen molar-refractivity contribution in [1.82, 2.24) is 0 Å². The molecule has 64 valence electrons. The summed E-state index contributed by atoms with van der Waals surface area (Å²) in [5, 5.41) is 8.30. The van der Waals surface area contributed by atoms with Crippen molar-refractivity contribution in [2.24, 2.45) is 0 Å². The first kappa shape index (κ1) is 8.86. The molecule has 0 fully saturated rings. The molecule has 1 aliphatic rings. The predicted molar refractivity (Wildman–Crippen MR) is 47.3 cm³/mol. The number of hydrogen-bond donors (Lipinski definition) is 0. The minimum atomic E-state index is 0.458. The first-order valence-corrected chi connectivity index (χ1v) is 4.20. The van der Waals surface area contributed by atoms with E-state index in [1.807, 2.05) is 12.2 Å². The number of hydrogen-bond acceptors (Lipinski definition) is 2. The van der Waals surface area contributed by atoms with Gasteiger partial charge in [0.1, 0.15) is 5.76 Å². The molecule has 0 saturated heterocycles. The van der Waals surface area contributed by atoms with Crippen LogP contribution in [0, 0.1) is 11.3 Å². The van der Waals surface area contributed by atoms with Crippen molar-refractivity contribution in [3.05, 3.63) is 23.5 Å². The summed E-state index contributed by atoms with van der Waals surface area (Å²) >= 11 is 0. The van der Waals surface area contributed by atoms with E-state index in [2.05, 4.69) is 13.0 Å². The fourth-order valence-corrected chi connectivity index (χ4v) is 1.17. The number of nitriles is 1. The molecule has 1 heterocycles. The highest BCUT2D eigenvalue weighted by atomic mass is 16.5. The molecule has 0 aromatic carbocycles. The molecule has 0 aromatic rings. The van der Waals surface area contributed by atoms with Crippen LogP contribution < -0.4 is 0 Å². The first-order valence-electron chi connectivity index (χ1n) is 4.20. The van der Waals surface area contributed by atoms with Gasteiger partial charge in [-0.2, -0.15) is 5.26 Å². The molecule has 0 amide bonds. The lowest BCUT2D eigenvalue weighted by molar-refractivity contribution is 0.199. The molecule has 0 saturated carbocycles. The number of rotatable bonds is 2. The van der Waals surface area contributed by atoms with Crippen molar-refractivity contribution in [3.63, 3.8) is 0 Å². The average Bonchev–Trinajstić information content (AvgIpc) is 2.09. The van der Waals surface area contributed by atoms with Crippen molar-refractivity contribution in [1.29, 1.82) is 5.26 Å². The molecule has 0 unspecified atom stereocenters. The molecule has 0 bridgehead atoms. The van der Waals surface area contributed by atoms with Gasteiger partial charge in [-0.15, -0.1) is 0 Å². The van der Waals surface area contributed by atoms with Crippen molar-refractivity contribution >= 4 is 0 Å². The van der Waals surface area contributed by atoms with Crippen molar-refractivity contribution < 1.29 is 4.74 Å². The van der Waals surface area contributed by atoms with Gasteiger partial charge in [-0.1, -0.05) is 6.08 Å². The van der Waals surface area contributed by atoms with Crippen LogP contribution in [0.15, 0.2) is 23.5 Å². The Morgan fingerprint density at radius 1 is 1.67 bits per heavy atom. The quantitative estimate of drug-likeness (QED) is 0.626. The highest BCUT2D eigenvalue weighted by Crippen LogP contribution is 2.19. The van der Waals surface area contributed by atoms with Gasteiger partial charge in [-0.3, -0.25) is 0 Å². The second-order valence-corrected chi connectivity index (χ2v) is 2.86. The van der Waals surface area contributed by atoms with Gasteiger partial charge in [0.15, 0.2) is 0 Å². The molecule has 1 rings (SSSR count). The second kappa shape index (κ2) is 4.61. The summed E-state index contributed by atoms with van der Waals surface area (Å²) in [6.07, 6.45) is 6.43. The van der Waals surface area contributed by atoms with E-state index in [9.17, 15) is 0 Å². The number of ether oxygens (including phenoxy) is 1. The maximum absolute atomic E-state index is 8.30. The minimum absolute atomic E-state index is 0.458. The standard InChI is InChI=1S/C10H13NO/c1-9-5-4-8-12-10(9)6-2-3-7-11/h2,6H,3-5,8H2,1H3/b6-2-. The molecule has 0 radical (unpaired) electrons. The Balaban J connectivity index is 2.55. The highest BCUT2D eigenvalue weighted by molar-refractivity contribution is 5.20. The van der Waals surface area contributed by atoms with E-state index in [0.717, 1.165) is 25.2 Å². The molecule has 2 heteroatoms. The fraction of sp³-hybridized carbons (Fsp3) is 0.500. The summed E-state index contributed by atoms with van der Waals surface area (Å²) in [7, 11) is 0. The molecule has 2 nitrogen and oxygen atoms in total. The highest BCUT2D eigenvalue weighted by Gasteiger charge is 2.06. The zero-order valence-corrected chi connectivity index (χ0v) is 7.34. The van der Waals surface area contributed by atoms with Gasteiger partial charge in [0, 0.05) is 0 Å². The molecular formula is C10H13NO. The van der Waals surface area contributed by atoms with Gasteiger partial charge in [-0.05, 0) is 31.4 Å². The number of allylic oxidation sites excluding steroid dienone is 3. The van der Waals surface area contributed by atoms with Crippen LogP contribution in [0.25, 0.3) is 0 Å². The van der Waals surface area contributed by atoms with E-state index < -0.39 is 0 Å². The normalized spacial score (nSPS) is 17.7. The molecule has 0 aliphatic carbocycles. The smallest absolute Gasteiger partial charge is 0.117 e. The SMILES string of the molecule is CC1=C(/C=C\CC#N)OCCC1. The van der Waals surface area contributed by atoms with E-state index in [-0.39, 0.29) is 0 Å². The van der Waals surface area contributed by atoms with Crippen LogP contribution in [0.4, 0.5) is 0 Å². The van der Waals surface area contributed by atoms with Crippen LogP contribution in [0.2, 0.25) is 0 Å². The van der Waals surface area contributed by atoms with Crippen LogP contribution in [-0.2, 0) is 4.74 Å². The Kier molecular flexibility index (Phi) is 3.40. The monoisotopic (exact) mass is 163 g/mol. The van der Waals surface area contributed by atoms with Gasteiger partial charge < -0.3 is 4.74 Å². The molecule has 0 aromatic heterocycles. The maximum atomic E-state index is 8.30. The summed E-state index contributed by atoms with van der Waals surface area (Å²) in [6.45, 7) is 2.88. The molecule has 0 spiro atoms. The third kappa shape index (κ3) is 2.43. The van der Waals surface area contributed by atoms with Gasteiger partial charge >= 0.3 is 0 Å². The third-order valence-electron chi connectivity index (χ3n) is 1.85. The topological polar surface area (TPSA) is 33.0 Å². The van der Waals surface area contributed by atoms with E-state index in [1.54, 1.807) is 0 Å². The molecule has 1 aliphatic heterocycles. The summed E-state index contributed by atoms with van der Waals surface area (Å²) in [5.41, 5.74) is 1.29. The zero-order chi connectivity index (χ0) is 8.81. The van der Waals surface area contributed by atoms with Crippen LogP contribution in [0.3, 0.4) is 0 Å². The maximum Gasteiger partial charge on any atom is 0.117 e. The second-order valence-electron chi connectivity index (χ2n) is 2.86. The lowest BCUT2D eigenvalue weighted by Crippen LogP contribution is -2.03. The Bertz CT molecular complexity index is 245.